The van der Waals surface area contributed by atoms with Gasteiger partial charge in [-0.05, 0) is 24.5 Å². The lowest BCUT2D eigenvalue weighted by Crippen LogP contribution is -2.04. The Kier molecular flexibility index (Phi) is 4.63. The molecule has 0 amide bonds. The summed E-state index contributed by atoms with van der Waals surface area (Å²) < 4.78 is 7.99. The molecule has 2 heterocycles. The zero-order valence-corrected chi connectivity index (χ0v) is 13.7. The lowest BCUT2D eigenvalue weighted by Gasteiger charge is -2.09. The highest BCUT2D eigenvalue weighted by atomic mass is 16.5. The molecule has 3 rings (SSSR count). The first kappa shape index (κ1) is 15.6. The lowest BCUT2D eigenvalue weighted by molar-refractivity contribution is 0.291. The van der Waals surface area contributed by atoms with Gasteiger partial charge in [0.2, 0.25) is 0 Å². The first-order chi connectivity index (χ1) is 11.2. The van der Waals surface area contributed by atoms with Gasteiger partial charge in [0.25, 0.3) is 0 Å². The molecule has 0 fully saturated rings. The second-order valence-corrected chi connectivity index (χ2v) is 6.07. The van der Waals surface area contributed by atoms with Crippen molar-refractivity contribution in [2.45, 2.75) is 26.8 Å². The molecule has 0 unspecified atom stereocenters. The Labute approximate surface area is 136 Å². The Morgan fingerprint density at radius 1 is 1.13 bits per heavy atom. The van der Waals surface area contributed by atoms with Crippen LogP contribution < -0.4 is 10.5 Å². The van der Waals surface area contributed by atoms with E-state index >= 15 is 0 Å². The van der Waals surface area contributed by atoms with Gasteiger partial charge >= 0.3 is 0 Å². The van der Waals surface area contributed by atoms with Crippen molar-refractivity contribution in [3.63, 3.8) is 0 Å². The number of benzene rings is 1. The van der Waals surface area contributed by atoms with Gasteiger partial charge in [0.05, 0.1) is 18.0 Å². The number of ether oxygens (including phenoxy) is 1. The SMILES string of the molecule is CC(C)CCOc1cccn2c(CN)c(-c3ccccc3)nc12. The van der Waals surface area contributed by atoms with Crippen LogP contribution in [-0.4, -0.2) is 16.0 Å². The standard InChI is InChI=1S/C19H23N3O/c1-14(2)10-12-23-17-9-6-11-22-16(13-20)18(21-19(17)22)15-7-4-3-5-8-15/h3-9,11,14H,10,12-13,20H2,1-2H3. The van der Waals surface area contributed by atoms with Crippen molar-refractivity contribution in [2.24, 2.45) is 11.7 Å². The summed E-state index contributed by atoms with van der Waals surface area (Å²) in [5.74, 6) is 1.43. The molecular formula is C19H23N3O. The van der Waals surface area contributed by atoms with Gasteiger partial charge in [-0.2, -0.15) is 0 Å². The van der Waals surface area contributed by atoms with Crippen LogP contribution in [0.1, 0.15) is 26.0 Å². The Bertz CT molecular complexity index is 778. The van der Waals surface area contributed by atoms with Gasteiger partial charge in [-0.25, -0.2) is 4.98 Å². The minimum absolute atomic E-state index is 0.431. The van der Waals surface area contributed by atoms with E-state index in [1.54, 1.807) is 0 Å². The van der Waals surface area contributed by atoms with Gasteiger partial charge in [-0.3, -0.25) is 4.40 Å². The van der Waals surface area contributed by atoms with E-state index in [2.05, 4.69) is 26.0 Å². The number of pyridine rings is 1. The van der Waals surface area contributed by atoms with Crippen LogP contribution in [0.25, 0.3) is 16.9 Å². The van der Waals surface area contributed by atoms with Crippen LogP contribution in [0.4, 0.5) is 0 Å². The molecule has 23 heavy (non-hydrogen) atoms. The average Bonchev–Trinajstić information content (AvgIpc) is 2.95. The van der Waals surface area contributed by atoms with Crippen LogP contribution >= 0.6 is 0 Å². The molecule has 0 aliphatic rings. The maximum atomic E-state index is 5.99. The van der Waals surface area contributed by atoms with Gasteiger partial charge in [0, 0.05) is 18.3 Å². The fourth-order valence-electron chi connectivity index (χ4n) is 2.63. The summed E-state index contributed by atoms with van der Waals surface area (Å²) >= 11 is 0. The number of fused-ring (bicyclic) bond motifs is 1. The molecule has 0 aliphatic carbocycles. The lowest BCUT2D eigenvalue weighted by atomic mass is 10.1. The summed E-state index contributed by atoms with van der Waals surface area (Å²) in [6, 6.07) is 14.1. The first-order valence-electron chi connectivity index (χ1n) is 8.09. The molecule has 0 saturated carbocycles. The predicted molar refractivity (Wildman–Crippen MR) is 93.5 cm³/mol. The third-order valence-corrected chi connectivity index (χ3v) is 3.91. The van der Waals surface area contributed by atoms with Gasteiger partial charge in [-0.15, -0.1) is 0 Å². The Morgan fingerprint density at radius 3 is 2.61 bits per heavy atom. The molecule has 4 heteroatoms. The summed E-state index contributed by atoms with van der Waals surface area (Å²) in [5.41, 5.74) is 9.81. The van der Waals surface area contributed by atoms with Crippen molar-refractivity contribution in [3.8, 4) is 17.0 Å². The smallest absolute Gasteiger partial charge is 0.180 e. The number of aromatic nitrogens is 2. The van der Waals surface area contributed by atoms with Gasteiger partial charge in [-0.1, -0.05) is 44.2 Å². The second-order valence-electron chi connectivity index (χ2n) is 6.07. The Balaban J connectivity index is 2.03. The maximum Gasteiger partial charge on any atom is 0.180 e. The molecule has 0 spiro atoms. The second kappa shape index (κ2) is 6.84. The first-order valence-corrected chi connectivity index (χ1v) is 8.09. The monoisotopic (exact) mass is 309 g/mol. The molecule has 0 aliphatic heterocycles. The fourth-order valence-corrected chi connectivity index (χ4v) is 2.63. The molecule has 0 bridgehead atoms. The van der Waals surface area contributed by atoms with Crippen LogP contribution in [0, 0.1) is 5.92 Å². The number of nitrogens with zero attached hydrogens (tertiary/aromatic N) is 2. The van der Waals surface area contributed by atoms with Crippen molar-refractivity contribution < 1.29 is 4.74 Å². The van der Waals surface area contributed by atoms with Gasteiger partial charge < -0.3 is 10.5 Å². The van der Waals surface area contributed by atoms with Crippen molar-refractivity contribution in [2.75, 3.05) is 6.61 Å². The van der Waals surface area contributed by atoms with Crippen LogP contribution in [-0.2, 0) is 6.54 Å². The van der Waals surface area contributed by atoms with E-state index in [-0.39, 0.29) is 0 Å². The molecule has 3 aromatic rings. The zero-order valence-electron chi connectivity index (χ0n) is 13.7. The highest BCUT2D eigenvalue weighted by Gasteiger charge is 2.15. The molecular weight excluding hydrogens is 286 g/mol. The summed E-state index contributed by atoms with van der Waals surface area (Å²) in [7, 11) is 0. The number of hydrogen-bond donors (Lipinski definition) is 1. The topological polar surface area (TPSA) is 52.5 Å². The van der Waals surface area contributed by atoms with Crippen LogP contribution in [0.5, 0.6) is 5.75 Å². The third-order valence-electron chi connectivity index (χ3n) is 3.91. The molecule has 120 valence electrons. The summed E-state index contributed by atoms with van der Waals surface area (Å²) in [6.07, 6.45) is 3.02. The molecule has 1 aromatic carbocycles. The molecule has 0 radical (unpaired) electrons. The zero-order chi connectivity index (χ0) is 16.2. The van der Waals surface area contributed by atoms with E-state index in [4.69, 9.17) is 15.5 Å². The Morgan fingerprint density at radius 2 is 1.91 bits per heavy atom. The fraction of sp³-hybridized carbons (Fsp3) is 0.316. The van der Waals surface area contributed by atoms with Crippen molar-refractivity contribution >= 4 is 5.65 Å². The van der Waals surface area contributed by atoms with Crippen molar-refractivity contribution in [3.05, 3.63) is 54.4 Å². The van der Waals surface area contributed by atoms with Gasteiger partial charge in [0.1, 0.15) is 0 Å². The van der Waals surface area contributed by atoms with E-state index in [9.17, 15) is 0 Å². The van der Waals surface area contributed by atoms with Crippen LogP contribution in [0.2, 0.25) is 0 Å². The normalized spacial score (nSPS) is 11.3. The van der Waals surface area contributed by atoms with Crippen molar-refractivity contribution in [1.29, 1.82) is 0 Å². The van der Waals surface area contributed by atoms with E-state index < -0.39 is 0 Å². The number of rotatable bonds is 6. The Hall–Kier alpha value is -2.33. The molecule has 4 nitrogen and oxygen atoms in total. The minimum atomic E-state index is 0.431. The number of nitrogens with two attached hydrogens (primary N) is 1. The number of hydrogen-bond acceptors (Lipinski definition) is 3. The van der Waals surface area contributed by atoms with Crippen LogP contribution in [0.3, 0.4) is 0 Å². The summed E-state index contributed by atoms with van der Waals surface area (Å²) in [5, 5.41) is 0. The van der Waals surface area contributed by atoms with Crippen LogP contribution in [0.15, 0.2) is 48.7 Å². The summed E-state index contributed by atoms with van der Waals surface area (Å²) in [4.78, 5) is 4.81. The van der Waals surface area contributed by atoms with E-state index in [1.165, 1.54) is 0 Å². The molecule has 2 aromatic heterocycles. The third kappa shape index (κ3) is 3.22. The molecule has 2 N–H and O–H groups in total. The predicted octanol–water partition coefficient (Wildman–Crippen LogP) is 3.88. The number of imidazole rings is 1. The van der Waals surface area contributed by atoms with E-state index in [0.29, 0.717) is 19.1 Å². The highest BCUT2D eigenvalue weighted by molar-refractivity contribution is 5.69. The van der Waals surface area contributed by atoms with E-state index in [0.717, 1.165) is 34.8 Å². The summed E-state index contributed by atoms with van der Waals surface area (Å²) in [6.45, 7) is 5.52. The molecule has 0 atom stereocenters. The maximum absolute atomic E-state index is 5.99. The quantitative estimate of drug-likeness (QED) is 0.751. The van der Waals surface area contributed by atoms with Gasteiger partial charge in [0.15, 0.2) is 11.4 Å². The highest BCUT2D eigenvalue weighted by Crippen LogP contribution is 2.28. The minimum Gasteiger partial charge on any atom is -0.490 e. The van der Waals surface area contributed by atoms with Crippen molar-refractivity contribution in [1.82, 2.24) is 9.38 Å². The largest absolute Gasteiger partial charge is 0.490 e. The van der Waals surface area contributed by atoms with E-state index in [1.807, 2.05) is 40.9 Å². The molecule has 0 saturated heterocycles. The average molecular weight is 309 g/mol.